The summed E-state index contributed by atoms with van der Waals surface area (Å²) < 4.78 is 11.1. The highest BCUT2D eigenvalue weighted by Gasteiger charge is 2.57. The van der Waals surface area contributed by atoms with Crippen LogP contribution >= 0.6 is 0 Å². The quantitative estimate of drug-likeness (QED) is 0.361. The third-order valence-electron chi connectivity index (χ3n) is 7.39. The average molecular weight is 360 g/mol. The van der Waals surface area contributed by atoms with E-state index < -0.39 is 0 Å². The summed E-state index contributed by atoms with van der Waals surface area (Å²) in [5, 5.41) is 0. The van der Waals surface area contributed by atoms with Crippen LogP contribution in [0.1, 0.15) is 77.6 Å². The maximum absolute atomic E-state index is 11.7. The Balaban J connectivity index is 1.12. The lowest BCUT2D eigenvalue weighted by Crippen LogP contribution is -2.27. The first kappa shape index (κ1) is 18.1. The van der Waals surface area contributed by atoms with E-state index in [1.165, 1.54) is 38.5 Å². The summed E-state index contributed by atoms with van der Waals surface area (Å²) in [7, 11) is 0. The number of unbranched alkanes of at least 4 members (excludes halogenated alkanes) is 2. The van der Waals surface area contributed by atoms with Crippen molar-refractivity contribution in [2.24, 2.45) is 23.7 Å². The van der Waals surface area contributed by atoms with Crippen molar-refractivity contribution < 1.29 is 19.1 Å². The molecule has 3 saturated carbocycles. The second-order valence-corrected chi connectivity index (χ2v) is 9.29. The zero-order valence-electron chi connectivity index (χ0n) is 16.0. The summed E-state index contributed by atoms with van der Waals surface area (Å²) in [5.74, 6) is 2.44. The molecule has 0 N–H and O–H groups in total. The Labute approximate surface area is 156 Å². The Kier molecular flexibility index (Phi) is 4.87. The number of hydrogen-bond donors (Lipinski definition) is 0. The summed E-state index contributed by atoms with van der Waals surface area (Å²) in [5.41, 5.74) is 0.476. The summed E-state index contributed by atoms with van der Waals surface area (Å²) in [4.78, 5) is 23.2. The zero-order chi connectivity index (χ0) is 18.3. The average Bonchev–Trinajstić information content (AvgIpc) is 2.95. The van der Waals surface area contributed by atoms with Gasteiger partial charge in [0.15, 0.2) is 0 Å². The molecular formula is C22H32O4. The van der Waals surface area contributed by atoms with Crippen LogP contribution in [0.2, 0.25) is 0 Å². The Morgan fingerprint density at radius 1 is 1.15 bits per heavy atom. The van der Waals surface area contributed by atoms with Crippen molar-refractivity contribution in [1.29, 1.82) is 0 Å². The third-order valence-corrected chi connectivity index (χ3v) is 7.39. The number of hydrogen-bond acceptors (Lipinski definition) is 4. The lowest BCUT2D eigenvalue weighted by atomic mass is 9.83. The molecule has 4 heteroatoms. The second kappa shape index (κ2) is 7.01. The van der Waals surface area contributed by atoms with Gasteiger partial charge in [-0.25, -0.2) is 4.79 Å². The number of ether oxygens (including phenoxy) is 2. The van der Waals surface area contributed by atoms with Gasteiger partial charge in [0.25, 0.3) is 0 Å². The first-order valence-corrected chi connectivity index (χ1v) is 10.6. The molecule has 0 aromatic carbocycles. The molecule has 144 valence electrons. The molecule has 0 aromatic rings. The van der Waals surface area contributed by atoms with Crippen LogP contribution in [0.15, 0.2) is 12.2 Å². The van der Waals surface area contributed by atoms with Gasteiger partial charge in [-0.1, -0.05) is 32.3 Å². The topological polar surface area (TPSA) is 52.6 Å². The molecular weight excluding hydrogens is 328 g/mol. The van der Waals surface area contributed by atoms with Gasteiger partial charge in [0.2, 0.25) is 0 Å². The lowest BCUT2D eigenvalue weighted by Gasteiger charge is -2.28. The molecule has 26 heavy (non-hydrogen) atoms. The van der Waals surface area contributed by atoms with Gasteiger partial charge >= 0.3 is 11.9 Å². The van der Waals surface area contributed by atoms with Crippen LogP contribution in [0.3, 0.4) is 0 Å². The SMILES string of the molecule is C=C(C)C(=O)OC1CC2CC1CC2CCCCCC1CC(=O)OC12CC2. The van der Waals surface area contributed by atoms with Crippen molar-refractivity contribution in [3.05, 3.63) is 12.2 Å². The highest BCUT2D eigenvalue weighted by atomic mass is 16.6. The Morgan fingerprint density at radius 3 is 2.58 bits per heavy atom. The van der Waals surface area contributed by atoms with Crippen molar-refractivity contribution in [3.8, 4) is 0 Å². The van der Waals surface area contributed by atoms with E-state index in [1.54, 1.807) is 6.92 Å². The molecule has 4 nitrogen and oxygen atoms in total. The van der Waals surface area contributed by atoms with E-state index in [4.69, 9.17) is 9.47 Å². The van der Waals surface area contributed by atoms with E-state index in [9.17, 15) is 9.59 Å². The highest BCUT2D eigenvalue weighted by Crippen LogP contribution is 2.54. The number of esters is 2. The molecule has 0 radical (unpaired) electrons. The number of carbonyl (C=O) groups is 2. The minimum Gasteiger partial charge on any atom is -0.459 e. The molecule has 0 aromatic heterocycles. The predicted molar refractivity (Wildman–Crippen MR) is 98.3 cm³/mol. The second-order valence-electron chi connectivity index (χ2n) is 9.29. The molecule has 5 unspecified atom stereocenters. The van der Waals surface area contributed by atoms with Gasteiger partial charge in [-0.15, -0.1) is 0 Å². The fourth-order valence-electron chi connectivity index (χ4n) is 5.79. The van der Waals surface area contributed by atoms with Crippen LogP contribution in [-0.4, -0.2) is 23.6 Å². The van der Waals surface area contributed by atoms with Gasteiger partial charge in [0, 0.05) is 11.5 Å². The first-order chi connectivity index (χ1) is 12.5. The van der Waals surface area contributed by atoms with Gasteiger partial charge < -0.3 is 9.47 Å². The van der Waals surface area contributed by atoms with Gasteiger partial charge in [0.05, 0.1) is 6.42 Å². The summed E-state index contributed by atoms with van der Waals surface area (Å²) in [6.07, 6.45) is 12.7. The largest absolute Gasteiger partial charge is 0.459 e. The Hall–Kier alpha value is -1.32. The van der Waals surface area contributed by atoms with Crippen LogP contribution in [0.5, 0.6) is 0 Å². The van der Waals surface area contributed by atoms with Crippen molar-refractivity contribution in [1.82, 2.24) is 0 Å². The van der Waals surface area contributed by atoms with Crippen LogP contribution in [0.4, 0.5) is 0 Å². The molecule has 0 amide bonds. The monoisotopic (exact) mass is 360 g/mol. The van der Waals surface area contributed by atoms with Crippen LogP contribution in [-0.2, 0) is 19.1 Å². The summed E-state index contributed by atoms with van der Waals surface area (Å²) >= 11 is 0. The molecule has 1 aliphatic heterocycles. The first-order valence-electron chi connectivity index (χ1n) is 10.6. The third kappa shape index (κ3) is 3.57. The van der Waals surface area contributed by atoms with Crippen molar-refractivity contribution in [3.63, 3.8) is 0 Å². The normalized spacial score (nSPS) is 36.3. The number of rotatable bonds is 8. The maximum atomic E-state index is 11.7. The van der Waals surface area contributed by atoms with Gasteiger partial charge in [0.1, 0.15) is 11.7 Å². The predicted octanol–water partition coefficient (Wildman–Crippen LogP) is 4.57. The van der Waals surface area contributed by atoms with E-state index >= 15 is 0 Å². The van der Waals surface area contributed by atoms with Gasteiger partial charge in [-0.2, -0.15) is 0 Å². The molecule has 4 rings (SSSR count). The Morgan fingerprint density at radius 2 is 1.92 bits per heavy atom. The summed E-state index contributed by atoms with van der Waals surface area (Å²) in [6, 6.07) is 0. The maximum Gasteiger partial charge on any atom is 0.333 e. The molecule has 1 spiro atoms. The van der Waals surface area contributed by atoms with Crippen molar-refractivity contribution in [2.75, 3.05) is 0 Å². The smallest absolute Gasteiger partial charge is 0.333 e. The molecule has 1 heterocycles. The van der Waals surface area contributed by atoms with Crippen LogP contribution in [0, 0.1) is 23.7 Å². The van der Waals surface area contributed by atoms with Crippen molar-refractivity contribution >= 4 is 11.9 Å². The Bertz CT molecular complexity index is 591. The summed E-state index contributed by atoms with van der Waals surface area (Å²) in [6.45, 7) is 5.40. The molecule has 1 saturated heterocycles. The van der Waals surface area contributed by atoms with E-state index in [-0.39, 0.29) is 23.6 Å². The molecule has 2 bridgehead atoms. The fourth-order valence-corrected chi connectivity index (χ4v) is 5.79. The number of fused-ring (bicyclic) bond motifs is 2. The van der Waals surface area contributed by atoms with E-state index in [1.807, 2.05) is 0 Å². The van der Waals surface area contributed by atoms with E-state index in [0.717, 1.165) is 37.5 Å². The van der Waals surface area contributed by atoms with Crippen molar-refractivity contribution in [2.45, 2.75) is 89.3 Å². The molecule has 4 aliphatic rings. The van der Waals surface area contributed by atoms with Crippen LogP contribution < -0.4 is 0 Å². The highest BCUT2D eigenvalue weighted by molar-refractivity contribution is 5.87. The minimum atomic E-state index is -0.220. The molecule has 4 fully saturated rings. The zero-order valence-corrected chi connectivity index (χ0v) is 16.0. The minimum absolute atomic E-state index is 0.0244. The van der Waals surface area contributed by atoms with E-state index in [0.29, 0.717) is 23.8 Å². The van der Waals surface area contributed by atoms with Gasteiger partial charge in [-0.3, -0.25) is 4.79 Å². The standard InChI is InChI=1S/C22H32O4/c1-14(2)21(24)25-19-12-16-11-17(19)10-15(16)6-4-3-5-7-18-13-20(23)26-22(18)8-9-22/h15-19H,1,3-13H2,2H3. The lowest BCUT2D eigenvalue weighted by molar-refractivity contribution is -0.147. The molecule has 3 aliphatic carbocycles. The van der Waals surface area contributed by atoms with E-state index in [2.05, 4.69) is 6.58 Å². The number of carbonyl (C=O) groups excluding carboxylic acids is 2. The molecule has 5 atom stereocenters. The van der Waals surface area contributed by atoms with Crippen LogP contribution in [0.25, 0.3) is 0 Å². The van der Waals surface area contributed by atoms with Gasteiger partial charge in [-0.05, 0) is 63.2 Å². The fraction of sp³-hybridized carbons (Fsp3) is 0.818.